The van der Waals surface area contributed by atoms with E-state index in [0.29, 0.717) is 0 Å². The Balaban J connectivity index is 2.29. The van der Waals surface area contributed by atoms with Crippen LogP contribution in [0.25, 0.3) is 0 Å². The molecule has 0 fully saturated rings. The second-order valence-electron chi connectivity index (χ2n) is 2.82. The molecule has 0 bridgehead atoms. The smallest absolute Gasteiger partial charge is 0.0953 e. The van der Waals surface area contributed by atoms with Crippen molar-refractivity contribution in [3.63, 3.8) is 0 Å². The van der Waals surface area contributed by atoms with Crippen LogP contribution in [0.2, 0.25) is 0 Å². The first-order chi connectivity index (χ1) is 6.38. The summed E-state index contributed by atoms with van der Waals surface area (Å²) >= 11 is 0. The summed E-state index contributed by atoms with van der Waals surface area (Å²) in [5, 5.41) is 0. The van der Waals surface area contributed by atoms with Gasteiger partial charge in [-0.05, 0) is 17.7 Å². The maximum absolute atomic E-state index is 5.96. The number of nitrogens with zero attached hydrogens (tertiary/aromatic N) is 1. The molecule has 2 N–H and O–H groups in total. The first-order valence-electron chi connectivity index (χ1n) is 4.05. The molecule has 3 nitrogen and oxygen atoms in total. The van der Waals surface area contributed by atoms with Crippen molar-refractivity contribution in [2.24, 2.45) is 5.73 Å². The Hall–Kier alpha value is -1.61. The van der Waals surface area contributed by atoms with Gasteiger partial charge < -0.3 is 10.2 Å². The van der Waals surface area contributed by atoms with Gasteiger partial charge in [0.2, 0.25) is 0 Å². The van der Waals surface area contributed by atoms with Gasteiger partial charge in [-0.15, -0.1) is 0 Å². The van der Waals surface area contributed by atoms with Crippen molar-refractivity contribution < 1.29 is 4.42 Å². The zero-order valence-corrected chi connectivity index (χ0v) is 7.05. The molecule has 1 atom stereocenters. The molecule has 2 aromatic heterocycles. The summed E-state index contributed by atoms with van der Waals surface area (Å²) in [5.74, 6) is 0. The highest BCUT2D eigenvalue weighted by atomic mass is 16.3. The fourth-order valence-corrected chi connectivity index (χ4v) is 1.20. The minimum Gasteiger partial charge on any atom is -0.472 e. The van der Waals surface area contributed by atoms with Crippen molar-refractivity contribution >= 4 is 0 Å². The highest BCUT2D eigenvalue weighted by Gasteiger charge is 2.08. The van der Waals surface area contributed by atoms with E-state index < -0.39 is 0 Å². The molecule has 2 heterocycles. The van der Waals surface area contributed by atoms with E-state index in [9.17, 15) is 0 Å². The molecule has 0 radical (unpaired) electrons. The first kappa shape index (κ1) is 8.01. The van der Waals surface area contributed by atoms with Crippen LogP contribution >= 0.6 is 0 Å². The van der Waals surface area contributed by atoms with Gasteiger partial charge in [0, 0.05) is 18.0 Å². The summed E-state index contributed by atoms with van der Waals surface area (Å²) in [6, 6.07) is 5.53. The summed E-state index contributed by atoms with van der Waals surface area (Å²) < 4.78 is 4.96. The molecule has 2 rings (SSSR count). The molecule has 0 spiro atoms. The monoisotopic (exact) mass is 174 g/mol. The second-order valence-corrected chi connectivity index (χ2v) is 2.82. The predicted molar refractivity (Wildman–Crippen MR) is 49.0 cm³/mol. The van der Waals surface area contributed by atoms with Crippen LogP contribution in [0.4, 0.5) is 0 Å². The van der Waals surface area contributed by atoms with Gasteiger partial charge in [-0.3, -0.25) is 4.98 Å². The molecular formula is C10H10N2O. The van der Waals surface area contributed by atoms with Crippen molar-refractivity contribution in [3.8, 4) is 0 Å². The number of hydrogen-bond donors (Lipinski definition) is 1. The molecule has 0 amide bonds. The Labute approximate surface area is 76.2 Å². The standard InChI is InChI=1S/C10H10N2O/c11-10(9-3-5-13-7-9)8-2-1-4-12-6-8/h1-7,10H,11H2. The van der Waals surface area contributed by atoms with Crippen molar-refractivity contribution in [3.05, 3.63) is 54.2 Å². The lowest BCUT2D eigenvalue weighted by Crippen LogP contribution is -2.10. The van der Waals surface area contributed by atoms with E-state index in [1.165, 1.54) is 0 Å². The summed E-state index contributed by atoms with van der Waals surface area (Å²) in [6.07, 6.45) is 6.76. The lowest BCUT2D eigenvalue weighted by atomic mass is 10.0. The maximum Gasteiger partial charge on any atom is 0.0953 e. The van der Waals surface area contributed by atoms with Gasteiger partial charge in [0.05, 0.1) is 18.6 Å². The Morgan fingerprint density at radius 2 is 2.23 bits per heavy atom. The number of pyridine rings is 1. The van der Waals surface area contributed by atoms with Crippen LogP contribution in [0, 0.1) is 0 Å². The van der Waals surface area contributed by atoms with Gasteiger partial charge in [0.15, 0.2) is 0 Å². The van der Waals surface area contributed by atoms with Gasteiger partial charge in [-0.1, -0.05) is 6.07 Å². The van der Waals surface area contributed by atoms with Gasteiger partial charge in [0.1, 0.15) is 0 Å². The van der Waals surface area contributed by atoms with Crippen molar-refractivity contribution in [2.45, 2.75) is 6.04 Å². The largest absolute Gasteiger partial charge is 0.472 e. The van der Waals surface area contributed by atoms with Gasteiger partial charge in [-0.2, -0.15) is 0 Å². The molecule has 2 aromatic rings. The number of nitrogens with two attached hydrogens (primary N) is 1. The fourth-order valence-electron chi connectivity index (χ4n) is 1.20. The summed E-state index contributed by atoms with van der Waals surface area (Å²) in [5.41, 5.74) is 7.92. The molecule has 0 aliphatic rings. The van der Waals surface area contributed by atoms with Crippen LogP contribution < -0.4 is 5.73 Å². The van der Waals surface area contributed by atoms with Crippen molar-refractivity contribution in [1.29, 1.82) is 0 Å². The van der Waals surface area contributed by atoms with Crippen LogP contribution in [-0.4, -0.2) is 4.98 Å². The van der Waals surface area contributed by atoms with E-state index >= 15 is 0 Å². The van der Waals surface area contributed by atoms with E-state index in [4.69, 9.17) is 10.2 Å². The molecular weight excluding hydrogens is 164 g/mol. The highest BCUT2D eigenvalue weighted by Crippen LogP contribution is 2.18. The third kappa shape index (κ3) is 1.60. The van der Waals surface area contributed by atoms with Crippen molar-refractivity contribution in [1.82, 2.24) is 4.98 Å². The quantitative estimate of drug-likeness (QED) is 0.754. The zero-order valence-electron chi connectivity index (χ0n) is 7.05. The third-order valence-electron chi connectivity index (χ3n) is 1.95. The molecule has 0 saturated carbocycles. The summed E-state index contributed by atoms with van der Waals surface area (Å²) in [6.45, 7) is 0. The van der Waals surface area contributed by atoms with Crippen molar-refractivity contribution in [2.75, 3.05) is 0 Å². The fraction of sp³-hybridized carbons (Fsp3) is 0.100. The van der Waals surface area contributed by atoms with Gasteiger partial charge >= 0.3 is 0 Å². The van der Waals surface area contributed by atoms with E-state index in [-0.39, 0.29) is 6.04 Å². The number of hydrogen-bond acceptors (Lipinski definition) is 3. The van der Waals surface area contributed by atoms with Crippen LogP contribution in [0.5, 0.6) is 0 Å². The molecule has 3 heteroatoms. The molecule has 0 aliphatic carbocycles. The summed E-state index contributed by atoms with van der Waals surface area (Å²) in [4.78, 5) is 4.01. The predicted octanol–water partition coefficient (Wildman–Crippen LogP) is 1.72. The SMILES string of the molecule is NC(c1cccnc1)c1ccoc1. The van der Waals surface area contributed by atoms with Crippen LogP contribution in [0.15, 0.2) is 47.5 Å². The Morgan fingerprint density at radius 1 is 1.31 bits per heavy atom. The average molecular weight is 174 g/mol. The number of furan rings is 1. The van der Waals surface area contributed by atoms with E-state index in [2.05, 4.69) is 4.98 Å². The number of rotatable bonds is 2. The van der Waals surface area contributed by atoms with E-state index in [1.807, 2.05) is 18.2 Å². The normalized spacial score (nSPS) is 12.7. The minimum absolute atomic E-state index is 0.146. The topological polar surface area (TPSA) is 52.0 Å². The molecule has 66 valence electrons. The van der Waals surface area contributed by atoms with E-state index in [1.54, 1.807) is 24.9 Å². The molecule has 0 aliphatic heterocycles. The van der Waals surface area contributed by atoms with Gasteiger partial charge in [-0.25, -0.2) is 0 Å². The van der Waals surface area contributed by atoms with Crippen LogP contribution in [0.1, 0.15) is 17.2 Å². The van der Waals surface area contributed by atoms with Crippen LogP contribution in [-0.2, 0) is 0 Å². The molecule has 0 saturated heterocycles. The third-order valence-corrected chi connectivity index (χ3v) is 1.95. The number of aromatic nitrogens is 1. The minimum atomic E-state index is -0.146. The Morgan fingerprint density at radius 3 is 2.85 bits per heavy atom. The van der Waals surface area contributed by atoms with E-state index in [0.717, 1.165) is 11.1 Å². The molecule has 13 heavy (non-hydrogen) atoms. The first-order valence-corrected chi connectivity index (χ1v) is 4.05. The Bertz CT molecular complexity index is 356. The zero-order chi connectivity index (χ0) is 9.10. The lowest BCUT2D eigenvalue weighted by molar-refractivity contribution is 0.562. The molecule has 1 unspecified atom stereocenters. The average Bonchev–Trinajstić information content (AvgIpc) is 2.71. The lowest BCUT2D eigenvalue weighted by Gasteiger charge is -2.07. The molecule has 0 aromatic carbocycles. The summed E-state index contributed by atoms with van der Waals surface area (Å²) in [7, 11) is 0. The highest BCUT2D eigenvalue weighted by molar-refractivity contribution is 5.26. The Kier molecular flexibility index (Phi) is 2.10. The van der Waals surface area contributed by atoms with Crippen LogP contribution in [0.3, 0.4) is 0 Å². The maximum atomic E-state index is 5.96. The second kappa shape index (κ2) is 3.41. The van der Waals surface area contributed by atoms with Gasteiger partial charge in [0.25, 0.3) is 0 Å².